The number of amides is 5. The SMILES string of the molecule is CC1NC2=CN1[C@H]1C[C@@H](C(=O)N[C@@H](Cc3ccc4ccccc4c3)C(=O)N[C@H](C(=O)O)Cc3ccc(cc3)OC2)N(C(=O)[C@@H](NC(=O)[C@@H](C)N(C)C(=O)OC(C)(C)C)C(C)(C)C)C1. The predicted octanol–water partition coefficient (Wildman–Crippen LogP) is 3.92. The third kappa shape index (κ3) is 11.2. The number of ether oxygens (including phenoxy) is 2. The molecule has 1 fully saturated rings. The van der Waals surface area contributed by atoms with Crippen LogP contribution in [0.3, 0.4) is 0 Å². The number of carbonyl (C=O) groups excluding carboxylic acids is 5. The van der Waals surface area contributed by atoms with Crippen molar-refractivity contribution in [3.8, 4) is 5.75 Å². The van der Waals surface area contributed by atoms with Gasteiger partial charge in [0.1, 0.15) is 48.2 Å². The van der Waals surface area contributed by atoms with Crippen LogP contribution >= 0.6 is 0 Å². The molecule has 4 aliphatic heterocycles. The molecule has 7 rings (SSSR count). The number of benzene rings is 3. The van der Waals surface area contributed by atoms with Crippen molar-refractivity contribution >= 4 is 46.5 Å². The summed E-state index contributed by atoms with van der Waals surface area (Å²) in [6, 6.07) is 14.2. The molecule has 16 heteroatoms. The Balaban J connectivity index is 1.36. The van der Waals surface area contributed by atoms with Gasteiger partial charge >= 0.3 is 12.1 Å². The number of hydrogen-bond donors (Lipinski definition) is 5. The fourth-order valence-corrected chi connectivity index (χ4v) is 8.11. The first-order valence-electron chi connectivity index (χ1n) is 21.4. The standard InChI is InChI=1S/C47H61N7O9/c1-27(52(9)45(61)63-47(6,7)8)40(55)51-39(46(3,4)5)43(58)54-25-34-23-38(54)42(57)49-36(22-30-14-17-31-12-10-11-13-32(31)20-30)41(56)50-37(44(59)60)21-29-15-18-35(19-16-29)62-26-33-24-53(34)28(2)48-33/h10-20,24,27-28,34,36-39,48H,21-23,25-26H2,1-9H3,(H,49,57)(H,50,56)(H,51,55)(H,59,60)/t27-,28?,34+,36+,37+,38+,39-/m1/s1. The summed E-state index contributed by atoms with van der Waals surface area (Å²) in [6.07, 6.45) is 1.14. The summed E-state index contributed by atoms with van der Waals surface area (Å²) >= 11 is 0. The average molecular weight is 868 g/mol. The molecular formula is C47H61N7O9. The van der Waals surface area contributed by atoms with Crippen LogP contribution in [0, 0.1) is 5.41 Å². The third-order valence-corrected chi connectivity index (χ3v) is 11.7. The van der Waals surface area contributed by atoms with Crippen molar-refractivity contribution in [1.82, 2.24) is 36.0 Å². The number of nitrogens with zero attached hydrogens (tertiary/aromatic N) is 3. The molecule has 63 heavy (non-hydrogen) atoms. The maximum atomic E-state index is 15.0. The van der Waals surface area contributed by atoms with Gasteiger partial charge in [-0.15, -0.1) is 0 Å². The molecule has 5 amide bonds. The topological polar surface area (TPSA) is 199 Å². The quantitative estimate of drug-likeness (QED) is 0.231. The maximum absolute atomic E-state index is 15.0. The number of aliphatic carboxylic acids is 1. The highest BCUT2D eigenvalue weighted by atomic mass is 16.6. The smallest absolute Gasteiger partial charge is 0.410 e. The van der Waals surface area contributed by atoms with Crippen LogP contribution in [0.4, 0.5) is 4.79 Å². The number of fused-ring (bicyclic) bond motifs is 10. The Morgan fingerprint density at radius 1 is 0.937 bits per heavy atom. The van der Waals surface area contributed by atoms with Gasteiger partial charge in [0.25, 0.3) is 0 Å². The van der Waals surface area contributed by atoms with Crippen LogP contribution in [-0.4, -0.2) is 124 Å². The van der Waals surface area contributed by atoms with E-state index >= 15 is 4.79 Å². The highest BCUT2D eigenvalue weighted by Gasteiger charge is 2.48. The van der Waals surface area contributed by atoms with E-state index in [0.717, 1.165) is 26.9 Å². The van der Waals surface area contributed by atoms with E-state index in [-0.39, 0.29) is 44.6 Å². The molecule has 0 aromatic heterocycles. The van der Waals surface area contributed by atoms with Gasteiger partial charge in [-0.05, 0) is 80.5 Å². The average Bonchev–Trinajstić information content (AvgIpc) is 3.83. The number of likely N-dealkylation sites (tertiary alicyclic amines) is 1. The molecular weight excluding hydrogens is 807 g/mol. The molecule has 1 unspecified atom stereocenters. The number of rotatable bonds is 7. The van der Waals surface area contributed by atoms with Gasteiger partial charge < -0.3 is 45.6 Å². The summed E-state index contributed by atoms with van der Waals surface area (Å²) in [5, 5.41) is 24.1. The number of carboxylic acids is 1. The van der Waals surface area contributed by atoms with Gasteiger partial charge in [0, 0.05) is 32.6 Å². The Bertz CT molecular complexity index is 2250. The molecule has 0 spiro atoms. The Kier molecular flexibility index (Phi) is 13.6. The fourth-order valence-electron chi connectivity index (χ4n) is 8.11. The van der Waals surface area contributed by atoms with Crippen molar-refractivity contribution in [2.45, 2.75) is 123 Å². The third-order valence-electron chi connectivity index (χ3n) is 11.7. The van der Waals surface area contributed by atoms with E-state index in [1.165, 1.54) is 18.9 Å². The Hall–Kier alpha value is -6.32. The summed E-state index contributed by atoms with van der Waals surface area (Å²) < 4.78 is 11.6. The van der Waals surface area contributed by atoms with Crippen molar-refractivity contribution in [3.05, 3.63) is 89.8 Å². The summed E-state index contributed by atoms with van der Waals surface area (Å²) in [4.78, 5) is 88.2. The minimum Gasteiger partial charge on any atom is -0.487 e. The van der Waals surface area contributed by atoms with Gasteiger partial charge in [-0.1, -0.05) is 75.4 Å². The predicted molar refractivity (Wildman–Crippen MR) is 236 cm³/mol. The first kappa shape index (κ1) is 46.2. The van der Waals surface area contributed by atoms with E-state index < -0.39 is 76.9 Å². The number of carboxylic acid groups (broad SMARTS) is 1. The van der Waals surface area contributed by atoms with Crippen LogP contribution in [0.25, 0.3) is 10.8 Å². The van der Waals surface area contributed by atoms with Crippen LogP contribution in [0.2, 0.25) is 0 Å². The fraction of sp³-hybridized carbons (Fsp3) is 0.489. The maximum Gasteiger partial charge on any atom is 0.410 e. The second-order valence-electron chi connectivity index (χ2n) is 18.9. The Morgan fingerprint density at radius 3 is 2.27 bits per heavy atom. The molecule has 7 atom stereocenters. The molecule has 0 saturated carbocycles. The van der Waals surface area contributed by atoms with Gasteiger partial charge in [-0.3, -0.25) is 24.1 Å². The van der Waals surface area contributed by atoms with Crippen LogP contribution in [-0.2, 0) is 41.6 Å². The van der Waals surface area contributed by atoms with Gasteiger partial charge in [0.15, 0.2) is 0 Å². The number of likely N-dealkylation sites (N-methyl/N-ethyl adjacent to an activating group) is 1. The monoisotopic (exact) mass is 867 g/mol. The minimum atomic E-state index is -1.33. The lowest BCUT2D eigenvalue weighted by Gasteiger charge is -2.37. The van der Waals surface area contributed by atoms with E-state index in [1.54, 1.807) is 65.8 Å². The molecule has 1 saturated heterocycles. The zero-order valence-corrected chi connectivity index (χ0v) is 37.6. The van der Waals surface area contributed by atoms with Crippen LogP contribution in [0.5, 0.6) is 5.75 Å². The lowest BCUT2D eigenvalue weighted by Crippen LogP contribution is -2.61. The number of hydrogen-bond acceptors (Lipinski definition) is 10. The highest BCUT2D eigenvalue weighted by molar-refractivity contribution is 5.97. The zero-order valence-electron chi connectivity index (χ0n) is 37.6. The zero-order chi connectivity index (χ0) is 46.0. The molecule has 4 heterocycles. The van der Waals surface area contributed by atoms with Crippen LogP contribution in [0.1, 0.15) is 72.9 Å². The second-order valence-corrected chi connectivity index (χ2v) is 18.9. The highest BCUT2D eigenvalue weighted by Crippen LogP contribution is 2.31. The van der Waals surface area contributed by atoms with Crippen molar-refractivity contribution in [2.24, 2.45) is 5.41 Å². The van der Waals surface area contributed by atoms with Crippen LogP contribution < -0.4 is 26.0 Å². The second kappa shape index (κ2) is 18.6. The Labute approximate surface area is 368 Å². The lowest BCUT2D eigenvalue weighted by molar-refractivity contribution is -0.145. The van der Waals surface area contributed by atoms with E-state index in [2.05, 4.69) is 21.3 Å². The van der Waals surface area contributed by atoms with E-state index in [0.29, 0.717) is 11.3 Å². The normalized spacial score (nSPS) is 22.8. The van der Waals surface area contributed by atoms with Crippen molar-refractivity contribution in [1.29, 1.82) is 0 Å². The molecule has 6 bridgehead atoms. The van der Waals surface area contributed by atoms with Gasteiger partial charge in [0.2, 0.25) is 23.6 Å². The molecule has 4 aliphatic rings. The van der Waals surface area contributed by atoms with Gasteiger partial charge in [-0.25, -0.2) is 9.59 Å². The summed E-state index contributed by atoms with van der Waals surface area (Å²) in [7, 11) is 1.44. The minimum absolute atomic E-state index is 0.0216. The van der Waals surface area contributed by atoms with E-state index in [1.807, 2.05) is 60.5 Å². The molecule has 3 aromatic carbocycles. The first-order chi connectivity index (χ1) is 29.6. The number of nitrogens with one attached hydrogen (secondary N) is 4. The van der Waals surface area contributed by atoms with Crippen molar-refractivity contribution < 1.29 is 43.3 Å². The Morgan fingerprint density at radius 2 is 1.62 bits per heavy atom. The molecule has 16 nitrogen and oxygen atoms in total. The first-order valence-corrected chi connectivity index (χ1v) is 21.4. The van der Waals surface area contributed by atoms with Crippen molar-refractivity contribution in [2.75, 3.05) is 20.2 Å². The van der Waals surface area contributed by atoms with Crippen molar-refractivity contribution in [3.63, 3.8) is 0 Å². The largest absolute Gasteiger partial charge is 0.487 e. The molecule has 3 aromatic rings. The molecule has 0 aliphatic carbocycles. The molecule has 338 valence electrons. The molecule has 0 radical (unpaired) electrons. The summed E-state index contributed by atoms with van der Waals surface area (Å²) in [5.41, 5.74) is 0.485. The summed E-state index contributed by atoms with van der Waals surface area (Å²) in [5.74, 6) is -3.13. The summed E-state index contributed by atoms with van der Waals surface area (Å²) in [6.45, 7) is 14.3. The van der Waals surface area contributed by atoms with Gasteiger partial charge in [0.05, 0.1) is 17.9 Å². The lowest BCUT2D eigenvalue weighted by atomic mass is 9.85. The van der Waals surface area contributed by atoms with Crippen LogP contribution in [0.15, 0.2) is 78.6 Å². The van der Waals surface area contributed by atoms with E-state index in [4.69, 9.17) is 9.47 Å². The number of carbonyl (C=O) groups is 6. The molecule has 5 N–H and O–H groups in total. The van der Waals surface area contributed by atoms with Gasteiger partial charge in [-0.2, -0.15) is 0 Å². The van der Waals surface area contributed by atoms with E-state index in [9.17, 15) is 29.1 Å².